The highest BCUT2D eigenvalue weighted by molar-refractivity contribution is 5.40. The Morgan fingerprint density at radius 3 is 2.48 bits per heavy atom. The Morgan fingerprint density at radius 1 is 1.03 bits per heavy atom. The van der Waals surface area contributed by atoms with Gasteiger partial charge in [0, 0.05) is 207 Å². The average Bonchev–Trinajstić information content (AvgIpc) is 2.76. The molecule has 0 bridgehead atoms. The summed E-state index contributed by atoms with van der Waals surface area (Å²) in [5.41, 5.74) is 2.14. The topological polar surface area (TPSA) is 71.0 Å². The van der Waals surface area contributed by atoms with Gasteiger partial charge in [-0.3, -0.25) is 0 Å². The Labute approximate surface area is 382 Å². The summed E-state index contributed by atoms with van der Waals surface area (Å²) < 4.78 is 38.9. The van der Waals surface area contributed by atoms with E-state index in [0.29, 0.717) is 42.7 Å². The summed E-state index contributed by atoms with van der Waals surface area (Å²) in [5, 5.41) is 24.5. The molecule has 2 heterocycles. The fourth-order valence-corrected chi connectivity index (χ4v) is 4.29. The molecule has 5 nitrogen and oxygen atoms in total. The molecule has 2 aromatic rings. The zero-order valence-electron chi connectivity index (χ0n) is 17.8. The van der Waals surface area contributed by atoms with Gasteiger partial charge in [0.2, 0.25) is 0 Å². The average molecular weight is 708 g/mol. The van der Waals surface area contributed by atoms with Crippen molar-refractivity contribution in [2.24, 2.45) is 0 Å². The van der Waals surface area contributed by atoms with Gasteiger partial charge in [0.15, 0.2) is 0 Å². The quantitative estimate of drug-likeness (QED) is 0.279. The molecule has 0 radical (unpaired) electrons. The third-order valence-electron chi connectivity index (χ3n) is 6.29. The van der Waals surface area contributed by atoms with Crippen LogP contribution in [0.1, 0.15) is 230 Å². The fraction of sp³-hybridized carbons (Fsp3) is 0.500. The number of hydrogen-bond acceptors (Lipinski definition) is 5. The SMILES string of the molecule is Cc1cc2c(cc1F)CC[C@@H]([C@H](O)C(C)NC[C@@H](O)[C@H]1CCc3cc(F)ccc3O1)O2.[HH].[HH].[HH].[HH].[HH].[HH].[HH].[HH].[HH].[HH].[HH].[HH].[HH].[HH].[HH].[HH].[HH].[HH].[HH].[HH].[HH].[HH].[HH].[HH].[HH].[HH].[HH].[HH].[HH].[HH].[HH].[HH].[HH].[HH].[HH].[HH].[HH].[HH].[HH].[HH].[HH].[HH].[HH].[HH].[HH].[HH].[HH].[HH].[HH].[HH].[HH].[HH].[HH].[HH].[HH].[HH].[HH].[HH].[HH].[HH].[HH].[HH].[HH].[HH].[HH].[HH].[HH].[HH].[HH].[HH].[HH].[HH].[HH].[HH].[HH].[HH].[HH].[HH].[HH].[HH].[HH].[HH].[HH].[HH].[HH].[HH].[HH].[HH].[HH].[HH].[HH].[HH].[HH].[HH].[HH].[HH].[HH].[HH].[HH].[HH].[HH].[HH].[HH].[HH].[HH].[HH].[HH].[HH].[HH].[HH].[HH].[HH].[HH].[HH].[HH].[HH].[HH].[HH].[HH].[HH].[HH].[HH].[HH].[HH].[HH].[HH].[HH].[HH].[HH].[HH].[HH].[HH].[HH].[HH].[HH].[HH]. The highest BCUT2D eigenvalue weighted by Gasteiger charge is 2.32. The van der Waals surface area contributed by atoms with E-state index >= 15 is 0 Å². The molecule has 0 spiro atoms. The van der Waals surface area contributed by atoms with Crippen molar-refractivity contribution in [3.8, 4) is 11.5 Å². The molecule has 440 valence electrons. The normalized spacial score (nSPS) is 23.0. The van der Waals surface area contributed by atoms with E-state index in [9.17, 15) is 19.0 Å². The molecule has 2 aliphatic rings. The predicted octanol–water partition coefficient (Wildman–Crippen LogP) is 36.5. The maximum absolute atomic E-state index is 13.8. The Morgan fingerprint density at radius 2 is 1.71 bits per heavy atom. The van der Waals surface area contributed by atoms with Gasteiger partial charge in [-0.25, -0.2) is 8.78 Å². The minimum Gasteiger partial charge on any atom is -0.487 e. The number of aryl methyl sites for hydroxylation is 3. The fourth-order valence-electron chi connectivity index (χ4n) is 4.29. The van der Waals surface area contributed by atoms with Crippen LogP contribution in [0.2, 0.25) is 0 Å². The van der Waals surface area contributed by atoms with Gasteiger partial charge in [-0.05, 0) is 86.6 Å². The molecule has 7 heteroatoms. The summed E-state index contributed by atoms with van der Waals surface area (Å²) in [7, 11) is 0. The predicted molar refractivity (Wildman–Crippen MR) is 400 cm³/mol. The van der Waals surface area contributed by atoms with Gasteiger partial charge in [0.1, 0.15) is 47.5 Å². The highest BCUT2D eigenvalue weighted by atomic mass is 19.1. The van der Waals surface area contributed by atoms with Gasteiger partial charge in [-0.2, -0.15) is 0 Å². The van der Waals surface area contributed by atoms with E-state index in [4.69, 9.17) is 9.47 Å². The number of fused-ring (bicyclic) bond motifs is 2. The summed E-state index contributed by atoms with van der Waals surface area (Å²) in [6, 6.07) is 7.26. The molecule has 31 heavy (non-hydrogen) atoms. The lowest BCUT2D eigenvalue weighted by molar-refractivity contribution is -0.00750. The molecule has 0 aliphatic carbocycles. The molecule has 5 atom stereocenters. The van der Waals surface area contributed by atoms with Crippen LogP contribution in [0, 0.1) is 18.6 Å². The summed E-state index contributed by atoms with van der Waals surface area (Å²) in [6.45, 7) is 3.77. The minimum atomic E-state index is -0.790. The molecule has 3 N–H and O–H groups in total. The number of rotatable bonds is 6. The van der Waals surface area contributed by atoms with Crippen LogP contribution >= 0.6 is 0 Å². The van der Waals surface area contributed by atoms with Crippen molar-refractivity contribution in [1.29, 1.82) is 0 Å². The lowest BCUT2D eigenvalue weighted by Gasteiger charge is -2.34. The molecule has 2 aromatic carbocycles. The van der Waals surface area contributed by atoms with Crippen LogP contribution in [0.3, 0.4) is 0 Å². The Hall–Kier alpha value is -2.22. The van der Waals surface area contributed by atoms with Crippen molar-refractivity contribution in [3.63, 3.8) is 0 Å². The number of hydrogen-bond donors (Lipinski definition) is 3. The van der Waals surface area contributed by atoms with E-state index in [1.54, 1.807) is 19.1 Å². The van der Waals surface area contributed by atoms with Crippen molar-refractivity contribution in [1.82, 2.24) is 5.32 Å². The van der Waals surface area contributed by atoms with E-state index in [-0.39, 0.29) is 218 Å². The van der Waals surface area contributed by atoms with Crippen molar-refractivity contribution in [3.05, 3.63) is 58.7 Å². The van der Waals surface area contributed by atoms with E-state index < -0.39 is 24.4 Å². The molecule has 4 rings (SSSR count). The first-order valence-corrected chi connectivity index (χ1v) is 10.8. The second kappa shape index (κ2) is 9.10. The minimum absolute atomic E-state index is 0. The van der Waals surface area contributed by atoms with Gasteiger partial charge in [0.05, 0.1) is 0 Å². The van der Waals surface area contributed by atoms with E-state index in [0.717, 1.165) is 11.1 Å². The van der Waals surface area contributed by atoms with E-state index in [2.05, 4.69) is 5.32 Å². The standard InChI is InChI=1S/C24H29F2NO4.136H2/c1-13-9-23-16(11-18(13)26)4-7-22(31-23)24(29)14(2)27-12-19(28)21-6-3-15-10-17(25)5-8-20(15)30-21;;;;;;;;;;;;;;;;;;;;;;;;;;;;;;;;;;;;;;;;;;;;;;;;;;;;;;;;;;;;;;;;;;;;;;;;;;;;;;;;;;;;;;;;;;;;;;;;;;;;;;;;;;;;;;;;;;;;;;;;;;;;;;;;;;;;;;;;/h5,8-11,14,19,21-22,24,27-29H,3-4,6-7,12H2,1-2H3;136*1H/t14?,19-,21-,22+,24-;;;;;;;;;;;;;;;;;;;;;;;;;;;;;;;;;;;;;;;;;;;;;;;;;;;;;;;;;;;;;;;;;;;;;;;;;;;;;;;;;;;;;;;;;;;;;;;;;;;;;;;;;;;;;;;;;;;;;;;;;;;;;;;;;;;;;;;;/m1......................................................................................................................................../s1. The summed E-state index contributed by atoms with van der Waals surface area (Å²) in [6.07, 6.45) is 0.0873. The van der Waals surface area contributed by atoms with Gasteiger partial charge in [-0.1, -0.05) is 0 Å². The van der Waals surface area contributed by atoms with Crippen LogP contribution in [-0.4, -0.2) is 47.2 Å². The Kier molecular flexibility index (Phi) is 6.46. The summed E-state index contributed by atoms with van der Waals surface area (Å²) >= 11 is 0. The summed E-state index contributed by atoms with van der Waals surface area (Å²) in [5.74, 6) is 0.680. The zero-order valence-corrected chi connectivity index (χ0v) is 17.8. The van der Waals surface area contributed by atoms with Crippen LogP contribution < -0.4 is 14.8 Å². The van der Waals surface area contributed by atoms with Gasteiger partial charge >= 0.3 is 0 Å². The van der Waals surface area contributed by atoms with Gasteiger partial charge in [-0.15, -0.1) is 0 Å². The third kappa shape index (κ3) is 4.84. The molecular formula is C24H301F2NO4. The number of halogens is 2. The highest BCUT2D eigenvalue weighted by Crippen LogP contribution is 2.32. The van der Waals surface area contributed by atoms with Gasteiger partial charge in [0.25, 0.3) is 0 Å². The molecular weight excluding hydrogens is 404 g/mol. The van der Waals surface area contributed by atoms with Crippen LogP contribution in [0.4, 0.5) is 8.78 Å². The maximum atomic E-state index is 13.8. The zero-order chi connectivity index (χ0) is 22.1. The van der Waals surface area contributed by atoms with Crippen LogP contribution in [0.5, 0.6) is 11.5 Å². The van der Waals surface area contributed by atoms with Crippen molar-refractivity contribution in [2.45, 2.75) is 70.0 Å². The molecule has 0 saturated carbocycles. The smallest absolute Gasteiger partial charge is 0.126 e. The molecule has 0 fully saturated rings. The Balaban J connectivity index is -0.000000000649. The second-order valence-electron chi connectivity index (χ2n) is 8.61. The summed E-state index contributed by atoms with van der Waals surface area (Å²) in [4.78, 5) is 0. The molecule has 0 saturated heterocycles. The lowest BCUT2D eigenvalue weighted by atomic mass is 9.95. The molecule has 2 aliphatic heterocycles. The monoisotopic (exact) mass is 707 g/mol. The number of aliphatic hydroxyl groups excluding tert-OH is 2. The first-order chi connectivity index (χ1) is 14.8. The van der Waals surface area contributed by atoms with Crippen molar-refractivity contribution >= 4 is 0 Å². The Bertz CT molecular complexity index is 1050. The number of benzene rings is 2. The van der Waals surface area contributed by atoms with Crippen molar-refractivity contribution < 1.29 is 222 Å². The first-order valence-electron chi connectivity index (χ1n) is 10.8. The molecule has 0 aromatic heterocycles. The van der Waals surface area contributed by atoms with Crippen LogP contribution in [-0.2, 0) is 12.8 Å². The largest absolute Gasteiger partial charge is 0.487 e. The first kappa shape index (κ1) is 22.0. The lowest BCUT2D eigenvalue weighted by Crippen LogP contribution is -2.51. The number of ether oxygens (including phenoxy) is 2. The van der Waals surface area contributed by atoms with E-state index in [1.807, 2.05) is 6.92 Å². The maximum Gasteiger partial charge on any atom is 0.126 e. The third-order valence-corrected chi connectivity index (χ3v) is 6.29. The van der Waals surface area contributed by atoms with Crippen molar-refractivity contribution in [2.75, 3.05) is 6.54 Å². The van der Waals surface area contributed by atoms with Gasteiger partial charge < -0.3 is 25.0 Å². The molecule has 1 unspecified atom stereocenters. The number of nitrogens with one attached hydrogen (secondary N) is 1. The second-order valence-corrected chi connectivity index (χ2v) is 8.61. The van der Waals surface area contributed by atoms with Crippen LogP contribution in [0.15, 0.2) is 30.3 Å². The number of aliphatic hydroxyl groups is 2. The van der Waals surface area contributed by atoms with Crippen LogP contribution in [0.25, 0.3) is 0 Å². The van der Waals surface area contributed by atoms with E-state index in [1.165, 1.54) is 18.2 Å². The molecule has 0 amide bonds.